The first-order chi connectivity index (χ1) is 14.5. The van der Waals surface area contributed by atoms with Crippen LogP contribution in [0.15, 0.2) is 34.8 Å². The van der Waals surface area contributed by atoms with Gasteiger partial charge in [-0.15, -0.1) is 11.3 Å². The molecule has 0 aliphatic rings. The molecule has 0 radical (unpaired) electrons. The maximum atomic E-state index is 14.7. The van der Waals surface area contributed by atoms with Crippen LogP contribution in [0.4, 0.5) is 41.6 Å². The van der Waals surface area contributed by atoms with Crippen molar-refractivity contribution >= 4 is 22.2 Å². The zero-order valence-electron chi connectivity index (χ0n) is 15.1. The molecule has 0 spiro atoms. The summed E-state index contributed by atoms with van der Waals surface area (Å²) in [4.78, 5) is 6.03. The lowest BCUT2D eigenvalue weighted by Crippen LogP contribution is -2.14. The fraction of sp³-hybridized carbons (Fsp3) is 0.167. The first-order valence-electron chi connectivity index (χ1n) is 8.32. The highest BCUT2D eigenvalue weighted by Crippen LogP contribution is 2.39. The summed E-state index contributed by atoms with van der Waals surface area (Å²) in [6.45, 7) is 0. The van der Waals surface area contributed by atoms with Crippen molar-refractivity contribution in [3.8, 4) is 0 Å². The highest BCUT2D eigenvalue weighted by atomic mass is 32.1. The van der Waals surface area contributed by atoms with Crippen LogP contribution in [0.25, 0.3) is 10.4 Å². The number of alkyl halides is 3. The molecule has 13 heteroatoms. The third kappa shape index (κ3) is 4.42. The molecule has 2 aromatic carbocycles. The second kappa shape index (κ2) is 8.44. The van der Waals surface area contributed by atoms with Gasteiger partial charge in [0.25, 0.3) is 0 Å². The number of hydrogen-bond donors (Lipinski definition) is 1. The Labute approximate surface area is 173 Å². The van der Waals surface area contributed by atoms with E-state index < -0.39 is 52.2 Å². The lowest BCUT2D eigenvalue weighted by Gasteiger charge is -2.19. The Hall–Kier alpha value is -3.31. The largest absolute Gasteiger partial charge is 0.416 e. The van der Waals surface area contributed by atoms with Crippen LogP contribution in [-0.4, -0.2) is 4.98 Å². The number of aromatic nitrogens is 1. The van der Waals surface area contributed by atoms with Crippen molar-refractivity contribution in [1.29, 1.82) is 0 Å². The molecule has 0 aliphatic heterocycles. The molecule has 0 bridgehead atoms. The summed E-state index contributed by atoms with van der Waals surface area (Å²) in [5.74, 6) is -8.89. The molecule has 0 saturated heterocycles. The molecule has 1 aromatic heterocycles. The maximum Gasteiger partial charge on any atom is 0.416 e. The number of benzene rings is 2. The van der Waals surface area contributed by atoms with Crippen molar-refractivity contribution in [3.05, 3.63) is 85.7 Å². The fourth-order valence-corrected chi connectivity index (χ4v) is 3.57. The van der Waals surface area contributed by atoms with Gasteiger partial charge in [0.1, 0.15) is 5.69 Å². The first kappa shape index (κ1) is 22.4. The van der Waals surface area contributed by atoms with Gasteiger partial charge in [-0.25, -0.2) is 22.5 Å². The molecule has 3 aromatic rings. The number of anilines is 1. The Morgan fingerprint density at radius 2 is 1.61 bits per heavy atom. The molecule has 1 atom stereocenters. The number of nitrogen functional groups attached to an aromatic ring is 1. The number of rotatable bonds is 5. The molecule has 31 heavy (non-hydrogen) atoms. The smallest absolute Gasteiger partial charge is 0.375 e. The van der Waals surface area contributed by atoms with Crippen molar-refractivity contribution in [2.75, 3.05) is 5.73 Å². The topological polar surface area (TPSA) is 87.7 Å². The van der Waals surface area contributed by atoms with E-state index in [2.05, 4.69) is 15.0 Å². The Kier molecular flexibility index (Phi) is 6.09. The molecule has 2 N–H and O–H groups in total. The standard InChI is InChI=1S/C18H10F7N5S/c19-12-11(13(20)15(22)16(14(12)21)29-30-27)9(10-6-31-17(26)28-10)5-7-1-3-8(4-2-7)18(23,24)25/h1-4,6,9H,5H2,(H2,26,28). The SMILES string of the molecule is [N-]=[N+]=Nc1c(F)c(F)c(C(Cc2ccc(C(F)(F)F)cc2)c2csc(N)n2)c(F)c1F. The van der Waals surface area contributed by atoms with Gasteiger partial charge in [-0.3, -0.25) is 0 Å². The molecule has 0 amide bonds. The van der Waals surface area contributed by atoms with E-state index in [4.69, 9.17) is 11.3 Å². The van der Waals surface area contributed by atoms with Crippen molar-refractivity contribution < 1.29 is 30.7 Å². The van der Waals surface area contributed by atoms with Crippen LogP contribution < -0.4 is 5.73 Å². The molecule has 0 fully saturated rings. The van der Waals surface area contributed by atoms with E-state index in [0.29, 0.717) is 0 Å². The van der Waals surface area contributed by atoms with E-state index in [1.807, 2.05) is 0 Å². The molecule has 0 aliphatic carbocycles. The minimum absolute atomic E-state index is 0.000111. The molecular formula is C18H10F7N5S. The Bertz CT molecular complexity index is 1140. The summed E-state index contributed by atoms with van der Waals surface area (Å²) in [5, 5.41) is 3.94. The highest BCUT2D eigenvalue weighted by molar-refractivity contribution is 7.13. The summed E-state index contributed by atoms with van der Waals surface area (Å²) in [5.41, 5.74) is 10.6. The summed E-state index contributed by atoms with van der Waals surface area (Å²) >= 11 is 0.894. The normalized spacial score (nSPS) is 12.5. The Balaban J connectivity index is 2.15. The summed E-state index contributed by atoms with van der Waals surface area (Å²) in [6, 6.07) is 3.67. The third-order valence-electron chi connectivity index (χ3n) is 4.39. The number of hydrogen-bond acceptors (Lipinski definition) is 4. The van der Waals surface area contributed by atoms with Crippen molar-refractivity contribution in [2.24, 2.45) is 5.11 Å². The summed E-state index contributed by atoms with van der Waals surface area (Å²) in [6.07, 6.45) is -4.95. The van der Waals surface area contributed by atoms with Gasteiger partial charge in [0.15, 0.2) is 28.4 Å². The number of thiazole rings is 1. The van der Waals surface area contributed by atoms with E-state index in [0.717, 1.165) is 35.6 Å². The van der Waals surface area contributed by atoms with Gasteiger partial charge >= 0.3 is 6.18 Å². The number of nitrogens with two attached hydrogens (primary N) is 1. The van der Waals surface area contributed by atoms with Crippen LogP contribution in [-0.2, 0) is 12.6 Å². The molecule has 1 unspecified atom stereocenters. The first-order valence-corrected chi connectivity index (χ1v) is 9.20. The minimum Gasteiger partial charge on any atom is -0.375 e. The molecule has 162 valence electrons. The Morgan fingerprint density at radius 3 is 2.06 bits per heavy atom. The predicted octanol–water partition coefficient (Wildman–Crippen LogP) is 6.62. The van der Waals surface area contributed by atoms with Crippen molar-refractivity contribution in [2.45, 2.75) is 18.5 Å². The van der Waals surface area contributed by atoms with E-state index >= 15 is 0 Å². The van der Waals surface area contributed by atoms with Crippen LogP contribution in [0, 0.1) is 23.3 Å². The van der Waals surface area contributed by atoms with Gasteiger partial charge in [-0.05, 0) is 29.6 Å². The monoisotopic (exact) mass is 461 g/mol. The van der Waals surface area contributed by atoms with Gasteiger partial charge in [0.05, 0.1) is 11.3 Å². The van der Waals surface area contributed by atoms with E-state index in [1.165, 1.54) is 5.38 Å². The highest BCUT2D eigenvalue weighted by Gasteiger charge is 2.33. The van der Waals surface area contributed by atoms with Gasteiger partial charge in [0, 0.05) is 21.8 Å². The summed E-state index contributed by atoms with van der Waals surface area (Å²) in [7, 11) is 0. The minimum atomic E-state index is -4.59. The van der Waals surface area contributed by atoms with Crippen LogP contribution in [0.1, 0.15) is 28.3 Å². The van der Waals surface area contributed by atoms with Gasteiger partial charge in [-0.2, -0.15) is 13.2 Å². The van der Waals surface area contributed by atoms with E-state index in [9.17, 15) is 30.7 Å². The van der Waals surface area contributed by atoms with Gasteiger partial charge in [0.2, 0.25) is 0 Å². The zero-order valence-corrected chi connectivity index (χ0v) is 15.9. The maximum absolute atomic E-state index is 14.7. The second-order valence-electron chi connectivity index (χ2n) is 6.27. The zero-order chi connectivity index (χ0) is 22.9. The van der Waals surface area contributed by atoms with Crippen molar-refractivity contribution in [3.63, 3.8) is 0 Å². The molecule has 3 rings (SSSR count). The average molecular weight is 461 g/mol. The quantitative estimate of drug-likeness (QED) is 0.152. The summed E-state index contributed by atoms with van der Waals surface area (Å²) < 4.78 is 96.3. The molecule has 0 saturated carbocycles. The second-order valence-corrected chi connectivity index (χ2v) is 7.16. The van der Waals surface area contributed by atoms with Gasteiger partial charge < -0.3 is 5.73 Å². The van der Waals surface area contributed by atoms with Gasteiger partial charge in [-0.1, -0.05) is 17.2 Å². The average Bonchev–Trinajstić information content (AvgIpc) is 3.15. The van der Waals surface area contributed by atoms with E-state index in [1.54, 1.807) is 0 Å². The number of nitrogens with zero attached hydrogens (tertiary/aromatic N) is 4. The number of azide groups is 1. The molecule has 5 nitrogen and oxygen atoms in total. The van der Waals surface area contributed by atoms with Crippen molar-refractivity contribution in [1.82, 2.24) is 4.98 Å². The fourth-order valence-electron chi connectivity index (χ4n) is 2.96. The third-order valence-corrected chi connectivity index (χ3v) is 5.08. The molecule has 1 heterocycles. The van der Waals surface area contributed by atoms with Crippen LogP contribution in [0.3, 0.4) is 0 Å². The lowest BCUT2D eigenvalue weighted by molar-refractivity contribution is -0.137. The van der Waals surface area contributed by atoms with Crippen LogP contribution in [0.5, 0.6) is 0 Å². The van der Waals surface area contributed by atoms with Crippen LogP contribution in [0.2, 0.25) is 0 Å². The van der Waals surface area contributed by atoms with E-state index in [-0.39, 0.29) is 22.8 Å². The lowest BCUT2D eigenvalue weighted by atomic mass is 9.88. The van der Waals surface area contributed by atoms with Crippen LogP contribution >= 0.6 is 11.3 Å². The number of halogens is 7. The molecular weight excluding hydrogens is 451 g/mol. The Morgan fingerprint density at radius 1 is 1.03 bits per heavy atom. The predicted molar refractivity (Wildman–Crippen MR) is 98.6 cm³/mol.